The van der Waals surface area contributed by atoms with Gasteiger partial charge in [-0.2, -0.15) is 0 Å². The van der Waals surface area contributed by atoms with Crippen LogP contribution >= 0.6 is 0 Å². The number of hydrogen-bond acceptors (Lipinski definition) is 5. The number of nitrogens with one attached hydrogen (secondary N) is 1. The van der Waals surface area contributed by atoms with E-state index in [-0.39, 0.29) is 18.6 Å². The molecule has 0 spiro atoms. The predicted octanol–water partition coefficient (Wildman–Crippen LogP) is 0.316. The molecule has 1 aliphatic heterocycles. The summed E-state index contributed by atoms with van der Waals surface area (Å²) in [5.41, 5.74) is 0. The highest BCUT2D eigenvalue weighted by molar-refractivity contribution is 5.81. The highest BCUT2D eigenvalue weighted by Crippen LogP contribution is 2.20. The Balaban J connectivity index is 1.90. The van der Waals surface area contributed by atoms with Gasteiger partial charge in [0.15, 0.2) is 0 Å². The first kappa shape index (κ1) is 15.5. The summed E-state index contributed by atoms with van der Waals surface area (Å²) in [5.74, 6) is -1.00. The Kier molecular flexibility index (Phi) is 4.98. The average molecular weight is 296 g/mol. The zero-order valence-corrected chi connectivity index (χ0v) is 12.1. The number of nitrogens with zero attached hydrogens (tertiary/aromatic N) is 1. The van der Waals surface area contributed by atoms with Gasteiger partial charge in [-0.25, -0.2) is 0 Å². The zero-order chi connectivity index (χ0) is 15.4. The molecular formula is C14H20N2O5. The maximum Gasteiger partial charge on any atom is 0.310 e. The van der Waals surface area contributed by atoms with Gasteiger partial charge in [0.2, 0.25) is 5.91 Å². The second-order valence-electron chi connectivity index (χ2n) is 5.19. The first-order valence-electron chi connectivity index (χ1n) is 6.83. The molecule has 116 valence electrons. The molecule has 3 unspecified atom stereocenters. The predicted molar refractivity (Wildman–Crippen MR) is 73.5 cm³/mol. The van der Waals surface area contributed by atoms with E-state index in [1.165, 1.54) is 0 Å². The van der Waals surface area contributed by atoms with E-state index < -0.39 is 17.9 Å². The van der Waals surface area contributed by atoms with E-state index >= 15 is 0 Å². The Hall–Kier alpha value is -1.86. The van der Waals surface area contributed by atoms with Crippen molar-refractivity contribution >= 4 is 11.9 Å². The van der Waals surface area contributed by atoms with Gasteiger partial charge in [0.1, 0.15) is 5.76 Å². The number of carboxylic acids is 1. The fourth-order valence-corrected chi connectivity index (χ4v) is 2.39. The number of carboxylic acid groups (broad SMARTS) is 1. The lowest BCUT2D eigenvalue weighted by molar-refractivity contribution is -0.144. The van der Waals surface area contributed by atoms with Crippen molar-refractivity contribution in [2.24, 2.45) is 5.92 Å². The molecule has 2 rings (SSSR count). The van der Waals surface area contributed by atoms with Crippen molar-refractivity contribution in [2.75, 3.05) is 20.3 Å². The lowest BCUT2D eigenvalue weighted by Crippen LogP contribution is -2.51. The average Bonchev–Trinajstić information content (AvgIpc) is 3.13. The molecule has 1 aromatic rings. The fourth-order valence-electron chi connectivity index (χ4n) is 2.39. The van der Waals surface area contributed by atoms with Crippen LogP contribution in [0.4, 0.5) is 0 Å². The zero-order valence-electron chi connectivity index (χ0n) is 12.1. The molecule has 0 aromatic carbocycles. The van der Waals surface area contributed by atoms with Gasteiger partial charge in [0.05, 0.1) is 38.0 Å². The van der Waals surface area contributed by atoms with Crippen LogP contribution in [0.25, 0.3) is 0 Å². The Bertz CT molecular complexity index is 488. The van der Waals surface area contributed by atoms with E-state index in [1.54, 1.807) is 37.3 Å². The van der Waals surface area contributed by atoms with Crippen molar-refractivity contribution < 1.29 is 23.8 Å². The number of carbonyl (C=O) groups is 2. The van der Waals surface area contributed by atoms with Gasteiger partial charge in [-0.1, -0.05) is 0 Å². The summed E-state index contributed by atoms with van der Waals surface area (Å²) < 4.78 is 10.4. The van der Waals surface area contributed by atoms with Crippen LogP contribution in [0.1, 0.15) is 12.7 Å². The topological polar surface area (TPSA) is 92.0 Å². The Labute approximate surface area is 122 Å². The van der Waals surface area contributed by atoms with Crippen LogP contribution < -0.4 is 5.32 Å². The first-order chi connectivity index (χ1) is 10.0. The number of likely N-dealkylation sites (N-methyl/N-ethyl adjacent to an activating group) is 1. The van der Waals surface area contributed by atoms with Crippen molar-refractivity contribution in [1.82, 2.24) is 10.2 Å². The van der Waals surface area contributed by atoms with Gasteiger partial charge < -0.3 is 19.6 Å². The first-order valence-corrected chi connectivity index (χ1v) is 6.83. The molecule has 0 saturated carbocycles. The fraction of sp³-hybridized carbons (Fsp3) is 0.571. The number of rotatable bonds is 6. The molecule has 2 heterocycles. The van der Waals surface area contributed by atoms with Crippen LogP contribution in [-0.2, 0) is 20.9 Å². The van der Waals surface area contributed by atoms with Gasteiger partial charge in [0, 0.05) is 6.04 Å². The number of ether oxygens (including phenoxy) is 1. The Morgan fingerprint density at radius 2 is 2.29 bits per heavy atom. The van der Waals surface area contributed by atoms with E-state index in [1.807, 2.05) is 0 Å². The molecule has 1 aliphatic rings. The van der Waals surface area contributed by atoms with Crippen molar-refractivity contribution in [3.63, 3.8) is 0 Å². The summed E-state index contributed by atoms with van der Waals surface area (Å²) in [6.07, 6.45) is 1.55. The minimum Gasteiger partial charge on any atom is -0.481 e. The van der Waals surface area contributed by atoms with E-state index in [9.17, 15) is 9.59 Å². The summed E-state index contributed by atoms with van der Waals surface area (Å²) in [6, 6.07) is 2.78. The van der Waals surface area contributed by atoms with Crippen LogP contribution in [0.5, 0.6) is 0 Å². The van der Waals surface area contributed by atoms with Crippen LogP contribution in [-0.4, -0.2) is 54.2 Å². The molecule has 3 atom stereocenters. The molecule has 7 heteroatoms. The lowest BCUT2D eigenvalue weighted by atomic mass is 10.0. The highest BCUT2D eigenvalue weighted by atomic mass is 16.5. The molecule has 0 bridgehead atoms. The van der Waals surface area contributed by atoms with Gasteiger partial charge in [0.25, 0.3) is 0 Å². The lowest BCUT2D eigenvalue weighted by Gasteiger charge is -2.30. The van der Waals surface area contributed by atoms with Gasteiger partial charge in [-0.05, 0) is 26.1 Å². The maximum atomic E-state index is 12.1. The minimum atomic E-state index is -0.896. The van der Waals surface area contributed by atoms with E-state index in [2.05, 4.69) is 5.32 Å². The normalized spacial score (nSPS) is 23.2. The second kappa shape index (κ2) is 6.73. The molecule has 1 aromatic heterocycles. The number of carbonyl (C=O) groups excluding carboxylic acids is 1. The van der Waals surface area contributed by atoms with Gasteiger partial charge in [-0.15, -0.1) is 0 Å². The smallest absolute Gasteiger partial charge is 0.310 e. The molecule has 2 N–H and O–H groups in total. The molecule has 7 nitrogen and oxygen atoms in total. The van der Waals surface area contributed by atoms with Crippen molar-refractivity contribution in [2.45, 2.75) is 25.6 Å². The van der Waals surface area contributed by atoms with Gasteiger partial charge in [-0.3, -0.25) is 14.5 Å². The standard InChI is InChI=1S/C14H20N2O5/c1-9(13(17)15-6-10-4-3-5-21-10)16(2)12-8-20-7-11(12)14(18)19/h3-5,9,11-12H,6-8H2,1-2H3,(H,15,17)(H,18,19). The largest absolute Gasteiger partial charge is 0.481 e. The molecule has 1 saturated heterocycles. The number of hydrogen-bond donors (Lipinski definition) is 2. The van der Waals surface area contributed by atoms with Crippen molar-refractivity contribution in [3.05, 3.63) is 24.2 Å². The molecule has 1 fully saturated rings. The van der Waals surface area contributed by atoms with Crippen molar-refractivity contribution in [3.8, 4) is 0 Å². The van der Waals surface area contributed by atoms with Gasteiger partial charge >= 0.3 is 5.97 Å². The van der Waals surface area contributed by atoms with E-state index in [0.717, 1.165) is 0 Å². The van der Waals surface area contributed by atoms with Crippen LogP contribution in [0, 0.1) is 5.92 Å². The summed E-state index contributed by atoms with van der Waals surface area (Å²) in [7, 11) is 1.74. The molecular weight excluding hydrogens is 276 g/mol. The summed E-state index contributed by atoms with van der Waals surface area (Å²) >= 11 is 0. The monoisotopic (exact) mass is 296 g/mol. The number of furan rings is 1. The Morgan fingerprint density at radius 1 is 1.52 bits per heavy atom. The third-order valence-corrected chi connectivity index (χ3v) is 3.90. The second-order valence-corrected chi connectivity index (χ2v) is 5.19. The summed E-state index contributed by atoms with van der Waals surface area (Å²) in [4.78, 5) is 25.1. The van der Waals surface area contributed by atoms with Crippen LogP contribution in [0.2, 0.25) is 0 Å². The SMILES string of the molecule is CC(C(=O)NCc1ccco1)N(C)C1COCC1C(=O)O. The maximum absolute atomic E-state index is 12.1. The molecule has 0 aliphatic carbocycles. The van der Waals surface area contributed by atoms with E-state index in [4.69, 9.17) is 14.3 Å². The Morgan fingerprint density at radius 3 is 2.90 bits per heavy atom. The minimum absolute atomic E-state index is 0.176. The van der Waals surface area contributed by atoms with Crippen LogP contribution in [0.15, 0.2) is 22.8 Å². The highest BCUT2D eigenvalue weighted by Gasteiger charge is 2.39. The number of aliphatic carboxylic acids is 1. The summed E-state index contributed by atoms with van der Waals surface area (Å²) in [6.45, 7) is 2.57. The third kappa shape index (κ3) is 3.62. The molecule has 1 amide bonds. The molecule has 0 radical (unpaired) electrons. The third-order valence-electron chi connectivity index (χ3n) is 3.90. The molecule has 21 heavy (non-hydrogen) atoms. The van der Waals surface area contributed by atoms with Crippen molar-refractivity contribution in [1.29, 1.82) is 0 Å². The van der Waals surface area contributed by atoms with E-state index in [0.29, 0.717) is 18.9 Å². The quantitative estimate of drug-likeness (QED) is 0.785. The summed E-state index contributed by atoms with van der Waals surface area (Å²) in [5, 5.41) is 11.9. The van der Waals surface area contributed by atoms with Crippen LogP contribution in [0.3, 0.4) is 0 Å². The number of amides is 1.